The Morgan fingerprint density at radius 3 is 1.85 bits per heavy atom. The van der Waals surface area contributed by atoms with E-state index in [1.165, 1.54) is 0 Å². The molecule has 0 atom stereocenters. The number of ether oxygens (including phenoxy) is 1. The SMILES string of the molecule is COc1ccc(N=Cc2c(C(C)(C)C)cc(C(C)(C)C)c(O)c2O)cc1. The molecule has 2 N–H and O–H groups in total. The molecule has 2 aromatic rings. The summed E-state index contributed by atoms with van der Waals surface area (Å²) in [5, 5.41) is 21.2. The number of aromatic hydroxyl groups is 2. The predicted octanol–water partition coefficient (Wildman–Crippen LogP) is 5.45. The quantitative estimate of drug-likeness (QED) is 0.568. The molecule has 0 aliphatic carbocycles. The summed E-state index contributed by atoms with van der Waals surface area (Å²) in [4.78, 5) is 4.47. The van der Waals surface area contributed by atoms with Crippen LogP contribution in [-0.2, 0) is 10.8 Å². The maximum Gasteiger partial charge on any atom is 0.167 e. The number of aliphatic imine (C=N–C) groups is 1. The standard InChI is InChI=1S/C22H29NO3/c1-21(2,3)17-12-18(22(4,5)6)20(25)19(24)16(17)13-23-14-8-10-15(26-7)11-9-14/h8-13,24-25H,1-7H3. The first kappa shape index (κ1) is 19.8. The highest BCUT2D eigenvalue weighted by atomic mass is 16.5. The van der Waals surface area contributed by atoms with E-state index in [0.29, 0.717) is 5.56 Å². The number of hydrogen-bond acceptors (Lipinski definition) is 4. The lowest BCUT2D eigenvalue weighted by molar-refractivity contribution is 0.386. The van der Waals surface area contributed by atoms with Gasteiger partial charge in [0.25, 0.3) is 0 Å². The number of methoxy groups -OCH3 is 1. The summed E-state index contributed by atoms with van der Waals surface area (Å²) in [6, 6.07) is 9.32. The fourth-order valence-electron chi connectivity index (χ4n) is 2.80. The van der Waals surface area contributed by atoms with Gasteiger partial charge < -0.3 is 14.9 Å². The van der Waals surface area contributed by atoms with Crippen molar-refractivity contribution in [2.24, 2.45) is 4.99 Å². The number of nitrogens with zero attached hydrogens (tertiary/aromatic N) is 1. The van der Waals surface area contributed by atoms with Gasteiger partial charge >= 0.3 is 0 Å². The van der Waals surface area contributed by atoms with E-state index in [4.69, 9.17) is 4.74 Å². The van der Waals surface area contributed by atoms with Crippen LogP contribution < -0.4 is 4.74 Å². The monoisotopic (exact) mass is 355 g/mol. The summed E-state index contributed by atoms with van der Waals surface area (Å²) in [5.74, 6) is 0.552. The van der Waals surface area contributed by atoms with Gasteiger partial charge in [-0.25, -0.2) is 0 Å². The molecule has 0 amide bonds. The zero-order chi connectivity index (χ0) is 19.7. The van der Waals surface area contributed by atoms with Crippen molar-refractivity contribution in [1.29, 1.82) is 0 Å². The minimum absolute atomic E-state index is 0.0818. The van der Waals surface area contributed by atoms with Crippen LogP contribution in [0.3, 0.4) is 0 Å². The second-order valence-corrected chi connectivity index (χ2v) is 8.54. The third-order valence-corrected chi connectivity index (χ3v) is 4.34. The highest BCUT2D eigenvalue weighted by Gasteiger charge is 2.28. The van der Waals surface area contributed by atoms with Gasteiger partial charge in [-0.05, 0) is 40.7 Å². The maximum absolute atomic E-state index is 10.7. The smallest absolute Gasteiger partial charge is 0.167 e. The predicted molar refractivity (Wildman–Crippen MR) is 107 cm³/mol. The van der Waals surface area contributed by atoms with Gasteiger partial charge in [0, 0.05) is 17.3 Å². The van der Waals surface area contributed by atoms with Crippen molar-refractivity contribution in [3.63, 3.8) is 0 Å². The molecule has 4 heteroatoms. The van der Waals surface area contributed by atoms with Gasteiger partial charge in [0.2, 0.25) is 0 Å². The molecule has 0 heterocycles. The van der Waals surface area contributed by atoms with Gasteiger partial charge in [-0.3, -0.25) is 4.99 Å². The van der Waals surface area contributed by atoms with E-state index in [2.05, 4.69) is 25.8 Å². The Morgan fingerprint density at radius 2 is 1.38 bits per heavy atom. The Bertz CT molecular complexity index is 807. The fraction of sp³-hybridized carbons (Fsp3) is 0.409. The summed E-state index contributed by atoms with van der Waals surface area (Å²) in [7, 11) is 1.62. The lowest BCUT2D eigenvalue weighted by Crippen LogP contribution is -2.19. The summed E-state index contributed by atoms with van der Waals surface area (Å²) in [5.41, 5.74) is 2.44. The Labute approximate surface area is 156 Å². The van der Waals surface area contributed by atoms with Crippen molar-refractivity contribution >= 4 is 11.9 Å². The normalized spacial score (nSPS) is 12.6. The average Bonchev–Trinajstić information content (AvgIpc) is 2.54. The fourth-order valence-corrected chi connectivity index (χ4v) is 2.80. The van der Waals surface area contributed by atoms with Gasteiger partial charge in [0.1, 0.15) is 5.75 Å². The first-order valence-corrected chi connectivity index (χ1v) is 8.73. The maximum atomic E-state index is 10.7. The van der Waals surface area contributed by atoms with Gasteiger partial charge in [-0.15, -0.1) is 0 Å². The van der Waals surface area contributed by atoms with E-state index in [1.807, 2.05) is 51.1 Å². The van der Waals surface area contributed by atoms with Gasteiger partial charge in [0.15, 0.2) is 11.5 Å². The van der Waals surface area contributed by atoms with E-state index in [-0.39, 0.29) is 22.3 Å². The van der Waals surface area contributed by atoms with Crippen molar-refractivity contribution in [3.05, 3.63) is 47.0 Å². The van der Waals surface area contributed by atoms with E-state index in [9.17, 15) is 10.2 Å². The first-order chi connectivity index (χ1) is 11.9. The Balaban J connectivity index is 2.59. The van der Waals surface area contributed by atoms with Crippen molar-refractivity contribution in [3.8, 4) is 17.2 Å². The third-order valence-electron chi connectivity index (χ3n) is 4.34. The van der Waals surface area contributed by atoms with Crippen LogP contribution in [0, 0.1) is 0 Å². The molecule has 140 valence electrons. The summed E-state index contributed by atoms with van der Waals surface area (Å²) < 4.78 is 5.15. The lowest BCUT2D eigenvalue weighted by Gasteiger charge is -2.28. The first-order valence-electron chi connectivity index (χ1n) is 8.73. The van der Waals surface area contributed by atoms with E-state index < -0.39 is 0 Å². The van der Waals surface area contributed by atoms with Crippen LogP contribution in [0.4, 0.5) is 5.69 Å². The van der Waals surface area contributed by atoms with Crippen molar-refractivity contribution < 1.29 is 14.9 Å². The van der Waals surface area contributed by atoms with Crippen molar-refractivity contribution in [1.82, 2.24) is 0 Å². The second-order valence-electron chi connectivity index (χ2n) is 8.54. The number of hydrogen-bond donors (Lipinski definition) is 2. The van der Waals surface area contributed by atoms with Crippen LogP contribution in [0.5, 0.6) is 17.2 Å². The molecule has 0 aromatic heterocycles. The lowest BCUT2D eigenvalue weighted by atomic mass is 9.77. The van der Waals surface area contributed by atoms with Crippen LogP contribution in [0.1, 0.15) is 58.2 Å². The Hall–Kier alpha value is -2.49. The highest BCUT2D eigenvalue weighted by Crippen LogP contribution is 2.43. The molecule has 0 aliphatic heterocycles. The summed E-state index contributed by atoms with van der Waals surface area (Å²) in [6.07, 6.45) is 1.61. The van der Waals surface area contributed by atoms with Crippen LogP contribution in [-0.4, -0.2) is 23.5 Å². The van der Waals surface area contributed by atoms with E-state index in [0.717, 1.165) is 22.6 Å². The van der Waals surface area contributed by atoms with Gasteiger partial charge in [0.05, 0.1) is 12.8 Å². The molecule has 0 unspecified atom stereocenters. The largest absolute Gasteiger partial charge is 0.504 e. The molecule has 0 fully saturated rings. The Morgan fingerprint density at radius 1 is 0.846 bits per heavy atom. The number of phenolic OH excluding ortho intramolecular Hbond substituents is 2. The number of rotatable bonds is 3. The van der Waals surface area contributed by atoms with Crippen LogP contribution in [0.25, 0.3) is 0 Å². The molecule has 2 rings (SSSR count). The van der Waals surface area contributed by atoms with Crippen LogP contribution >= 0.6 is 0 Å². The second kappa shape index (κ2) is 7.02. The Kier molecular flexibility index (Phi) is 5.36. The van der Waals surface area contributed by atoms with Crippen molar-refractivity contribution in [2.75, 3.05) is 7.11 Å². The molecule has 0 spiro atoms. The zero-order valence-corrected chi connectivity index (χ0v) is 16.7. The minimum atomic E-state index is -0.285. The summed E-state index contributed by atoms with van der Waals surface area (Å²) in [6.45, 7) is 12.3. The molecule has 0 radical (unpaired) electrons. The molecule has 2 aromatic carbocycles. The zero-order valence-electron chi connectivity index (χ0n) is 16.7. The molecule has 0 saturated heterocycles. The van der Waals surface area contributed by atoms with Crippen LogP contribution in [0.15, 0.2) is 35.3 Å². The molecule has 26 heavy (non-hydrogen) atoms. The van der Waals surface area contributed by atoms with Crippen LogP contribution in [0.2, 0.25) is 0 Å². The highest BCUT2D eigenvalue weighted by molar-refractivity contribution is 5.89. The van der Waals surface area contributed by atoms with Gasteiger partial charge in [-0.1, -0.05) is 47.6 Å². The minimum Gasteiger partial charge on any atom is -0.504 e. The molecule has 0 bridgehead atoms. The van der Waals surface area contributed by atoms with Crippen molar-refractivity contribution in [2.45, 2.75) is 52.4 Å². The van der Waals surface area contributed by atoms with Gasteiger partial charge in [-0.2, -0.15) is 0 Å². The average molecular weight is 355 g/mol. The van der Waals surface area contributed by atoms with E-state index >= 15 is 0 Å². The topological polar surface area (TPSA) is 62.0 Å². The number of benzene rings is 2. The number of phenols is 2. The molecular formula is C22H29NO3. The third kappa shape index (κ3) is 4.18. The summed E-state index contributed by atoms with van der Waals surface area (Å²) >= 11 is 0. The molecule has 4 nitrogen and oxygen atoms in total. The molecule has 0 aliphatic rings. The molecule has 0 saturated carbocycles. The molecular weight excluding hydrogens is 326 g/mol. The van der Waals surface area contributed by atoms with E-state index in [1.54, 1.807) is 13.3 Å².